The fraction of sp³-hybridized carbons (Fsp3) is 0.737. The van der Waals surface area contributed by atoms with E-state index in [1.54, 1.807) is 0 Å². The highest BCUT2D eigenvalue weighted by Gasteiger charge is 2.39. The lowest BCUT2D eigenvalue weighted by molar-refractivity contribution is 0.0730. The van der Waals surface area contributed by atoms with Crippen LogP contribution in [0.1, 0.15) is 61.6 Å². The van der Waals surface area contributed by atoms with Crippen LogP contribution in [0.25, 0.3) is 0 Å². The molecule has 3 aliphatic heterocycles. The summed E-state index contributed by atoms with van der Waals surface area (Å²) >= 11 is 0. The average molecular weight is 343 g/mol. The molecule has 3 saturated heterocycles. The van der Waals surface area contributed by atoms with Gasteiger partial charge in [0.25, 0.3) is 5.91 Å². The van der Waals surface area contributed by atoms with Crippen LogP contribution >= 0.6 is 0 Å². The van der Waals surface area contributed by atoms with Crippen LogP contribution in [0, 0.1) is 11.8 Å². The molecule has 2 bridgehead atoms. The molecule has 4 heterocycles. The Labute approximate surface area is 149 Å². The maximum atomic E-state index is 13.1. The van der Waals surface area contributed by atoms with Crippen molar-refractivity contribution in [3.63, 3.8) is 0 Å². The van der Waals surface area contributed by atoms with Gasteiger partial charge < -0.3 is 10.6 Å². The van der Waals surface area contributed by atoms with E-state index in [0.717, 1.165) is 31.2 Å². The Kier molecular flexibility index (Phi) is 4.40. The molecule has 2 atom stereocenters. The molecule has 4 aliphatic rings. The zero-order valence-corrected chi connectivity index (χ0v) is 15.3. The third kappa shape index (κ3) is 3.64. The van der Waals surface area contributed by atoms with Crippen molar-refractivity contribution in [3.05, 3.63) is 17.5 Å². The second kappa shape index (κ2) is 6.56. The zero-order chi connectivity index (χ0) is 17.6. The lowest BCUT2D eigenvalue weighted by atomic mass is 9.95. The quantitative estimate of drug-likeness (QED) is 0.906. The zero-order valence-electron chi connectivity index (χ0n) is 15.3. The van der Waals surface area contributed by atoms with Crippen LogP contribution in [0.2, 0.25) is 0 Å². The average Bonchev–Trinajstić information content (AvgIpc) is 3.41. The standard InChI is InChI=1S/C19H29N5O/c1-12(2)16-7-17(22-19(20)21-16)18(25)24-10-14-5-6-15(11-24)23(9-14)8-13-3-4-13/h7,12-15H,3-6,8-11H2,1-2H3,(H2,20,21,22)/t14-,15-/m1/s1. The molecule has 1 aromatic heterocycles. The summed E-state index contributed by atoms with van der Waals surface area (Å²) in [5.41, 5.74) is 7.13. The van der Waals surface area contributed by atoms with E-state index in [4.69, 9.17) is 5.73 Å². The second-order valence-corrected chi connectivity index (χ2v) is 8.40. The van der Waals surface area contributed by atoms with Gasteiger partial charge in [0.2, 0.25) is 5.95 Å². The van der Waals surface area contributed by atoms with Crippen molar-refractivity contribution in [1.29, 1.82) is 0 Å². The number of nitrogens with two attached hydrogens (primary N) is 1. The Morgan fingerprint density at radius 3 is 2.72 bits per heavy atom. The van der Waals surface area contributed by atoms with Gasteiger partial charge >= 0.3 is 0 Å². The van der Waals surface area contributed by atoms with Crippen molar-refractivity contribution < 1.29 is 4.79 Å². The Bertz CT molecular complexity index is 657. The van der Waals surface area contributed by atoms with Gasteiger partial charge in [0.15, 0.2) is 0 Å². The molecule has 5 rings (SSSR count). The van der Waals surface area contributed by atoms with Gasteiger partial charge in [0.1, 0.15) is 5.69 Å². The highest BCUT2D eigenvalue weighted by molar-refractivity contribution is 5.92. The summed E-state index contributed by atoms with van der Waals surface area (Å²) in [6, 6.07) is 2.32. The van der Waals surface area contributed by atoms with Crippen molar-refractivity contribution >= 4 is 11.9 Å². The number of nitrogens with zero attached hydrogens (tertiary/aromatic N) is 4. The van der Waals surface area contributed by atoms with Gasteiger partial charge in [-0.1, -0.05) is 13.8 Å². The molecule has 6 heteroatoms. The minimum Gasteiger partial charge on any atom is -0.368 e. The predicted octanol–water partition coefficient (Wildman–Crippen LogP) is 2.13. The Hall–Kier alpha value is -1.69. The van der Waals surface area contributed by atoms with Crippen LogP contribution in [-0.4, -0.2) is 57.9 Å². The molecule has 0 unspecified atom stereocenters. The van der Waals surface area contributed by atoms with Crippen LogP contribution < -0.4 is 5.73 Å². The number of carbonyl (C=O) groups excluding carboxylic acids is 1. The molecule has 0 aromatic carbocycles. The second-order valence-electron chi connectivity index (χ2n) is 8.40. The summed E-state index contributed by atoms with van der Waals surface area (Å²) in [5, 5.41) is 0. The minimum absolute atomic E-state index is 0.0150. The number of piperidine rings is 1. The minimum atomic E-state index is 0.0150. The maximum Gasteiger partial charge on any atom is 0.272 e. The van der Waals surface area contributed by atoms with Crippen LogP contribution in [-0.2, 0) is 0 Å². The molecule has 0 radical (unpaired) electrons. The first-order chi connectivity index (χ1) is 12.0. The number of nitrogen functional groups attached to an aromatic ring is 1. The summed E-state index contributed by atoms with van der Waals surface area (Å²) in [4.78, 5) is 26.3. The molecule has 1 amide bonds. The fourth-order valence-electron chi connectivity index (χ4n) is 4.25. The summed E-state index contributed by atoms with van der Waals surface area (Å²) in [5.74, 6) is 1.93. The summed E-state index contributed by atoms with van der Waals surface area (Å²) in [6.07, 6.45) is 5.21. The van der Waals surface area contributed by atoms with Gasteiger partial charge in [0.05, 0.1) is 0 Å². The molecule has 0 spiro atoms. The van der Waals surface area contributed by atoms with E-state index in [2.05, 4.69) is 28.7 Å². The van der Waals surface area contributed by atoms with Gasteiger partial charge in [-0.15, -0.1) is 0 Å². The number of amides is 1. The van der Waals surface area contributed by atoms with Crippen molar-refractivity contribution in [2.75, 3.05) is 31.9 Å². The van der Waals surface area contributed by atoms with E-state index >= 15 is 0 Å². The van der Waals surface area contributed by atoms with Gasteiger partial charge in [-0.05, 0) is 49.5 Å². The van der Waals surface area contributed by atoms with E-state index < -0.39 is 0 Å². The van der Waals surface area contributed by atoms with E-state index in [1.165, 1.54) is 32.2 Å². The SMILES string of the molecule is CC(C)c1cc(C(=O)N2C[C@@H]3CC[C@H](C2)N(CC2CC2)C3)nc(N)n1. The van der Waals surface area contributed by atoms with Gasteiger partial charge in [-0.2, -0.15) is 0 Å². The summed E-state index contributed by atoms with van der Waals surface area (Å²) in [7, 11) is 0. The third-order valence-corrected chi connectivity index (χ3v) is 5.88. The highest BCUT2D eigenvalue weighted by Crippen LogP contribution is 2.35. The summed E-state index contributed by atoms with van der Waals surface area (Å²) in [6.45, 7) is 8.14. The Balaban J connectivity index is 1.52. The first kappa shape index (κ1) is 16.8. The summed E-state index contributed by atoms with van der Waals surface area (Å²) < 4.78 is 0. The first-order valence-corrected chi connectivity index (χ1v) is 9.67. The van der Waals surface area contributed by atoms with Crippen molar-refractivity contribution in [3.8, 4) is 0 Å². The van der Waals surface area contributed by atoms with Gasteiger partial charge in [-0.25, -0.2) is 9.97 Å². The van der Waals surface area contributed by atoms with Gasteiger partial charge in [-0.3, -0.25) is 9.69 Å². The Morgan fingerprint density at radius 1 is 1.20 bits per heavy atom. The first-order valence-electron chi connectivity index (χ1n) is 9.67. The van der Waals surface area contributed by atoms with Crippen molar-refractivity contribution in [1.82, 2.24) is 19.8 Å². The number of fused-ring (bicyclic) bond motifs is 4. The topological polar surface area (TPSA) is 75.4 Å². The monoisotopic (exact) mass is 343 g/mol. The van der Waals surface area contributed by atoms with Crippen LogP contribution in [0.15, 0.2) is 6.07 Å². The lowest BCUT2D eigenvalue weighted by Crippen LogP contribution is -2.45. The molecule has 1 saturated carbocycles. The largest absolute Gasteiger partial charge is 0.368 e. The number of hydrogen-bond acceptors (Lipinski definition) is 5. The number of carbonyl (C=O) groups is 1. The molecular weight excluding hydrogens is 314 g/mol. The van der Waals surface area contributed by atoms with E-state index in [1.807, 2.05) is 11.0 Å². The third-order valence-electron chi connectivity index (χ3n) is 5.88. The van der Waals surface area contributed by atoms with Crippen LogP contribution in [0.3, 0.4) is 0 Å². The normalized spacial score (nSPS) is 26.9. The molecule has 1 aliphatic carbocycles. The lowest BCUT2D eigenvalue weighted by Gasteiger charge is -2.36. The molecule has 1 aromatic rings. The van der Waals surface area contributed by atoms with Crippen molar-refractivity contribution in [2.24, 2.45) is 11.8 Å². The molecule has 136 valence electrons. The Morgan fingerprint density at radius 2 is 2.00 bits per heavy atom. The molecule has 25 heavy (non-hydrogen) atoms. The number of rotatable bonds is 4. The molecule has 6 nitrogen and oxygen atoms in total. The van der Waals surface area contributed by atoms with E-state index in [0.29, 0.717) is 17.7 Å². The highest BCUT2D eigenvalue weighted by atomic mass is 16.2. The van der Waals surface area contributed by atoms with E-state index in [9.17, 15) is 4.79 Å². The molecule has 2 N–H and O–H groups in total. The van der Waals surface area contributed by atoms with E-state index in [-0.39, 0.29) is 17.8 Å². The predicted molar refractivity (Wildman–Crippen MR) is 97.2 cm³/mol. The maximum absolute atomic E-state index is 13.1. The van der Waals surface area contributed by atoms with Crippen LogP contribution in [0.4, 0.5) is 5.95 Å². The van der Waals surface area contributed by atoms with Crippen LogP contribution in [0.5, 0.6) is 0 Å². The fourth-order valence-corrected chi connectivity index (χ4v) is 4.25. The molecular formula is C19H29N5O. The van der Waals surface area contributed by atoms with Gasteiger partial charge in [0, 0.05) is 37.9 Å². The smallest absolute Gasteiger partial charge is 0.272 e. The number of hydrogen-bond donors (Lipinski definition) is 1. The number of aromatic nitrogens is 2. The molecule has 4 fully saturated rings. The van der Waals surface area contributed by atoms with Crippen molar-refractivity contribution in [2.45, 2.75) is 51.5 Å². The number of anilines is 1.